The van der Waals surface area contributed by atoms with Gasteiger partial charge in [-0.25, -0.2) is 0 Å². The lowest BCUT2D eigenvalue weighted by Crippen LogP contribution is -2.02. The SMILES string of the molecule is COc1c(C)cc(Cl)cc1CC1CC1C(=O)O. The fraction of sp³-hybridized carbons (Fsp3) is 0.462. The van der Waals surface area contributed by atoms with E-state index in [9.17, 15) is 4.79 Å². The molecule has 1 fully saturated rings. The first-order valence-electron chi connectivity index (χ1n) is 5.58. The molecule has 0 saturated heterocycles. The van der Waals surface area contributed by atoms with E-state index in [0.29, 0.717) is 5.02 Å². The highest BCUT2D eigenvalue weighted by atomic mass is 35.5. The first-order valence-corrected chi connectivity index (χ1v) is 5.96. The van der Waals surface area contributed by atoms with Gasteiger partial charge in [-0.15, -0.1) is 0 Å². The lowest BCUT2D eigenvalue weighted by atomic mass is 10.0. The molecule has 2 atom stereocenters. The highest BCUT2D eigenvalue weighted by molar-refractivity contribution is 6.30. The van der Waals surface area contributed by atoms with Crippen molar-refractivity contribution >= 4 is 17.6 Å². The average Bonchev–Trinajstić information content (AvgIpc) is 2.96. The first-order chi connectivity index (χ1) is 8.02. The molecule has 0 aliphatic heterocycles. The minimum absolute atomic E-state index is 0.195. The molecule has 0 aromatic heterocycles. The van der Waals surface area contributed by atoms with Crippen LogP contribution in [0.3, 0.4) is 0 Å². The Morgan fingerprint density at radius 3 is 2.82 bits per heavy atom. The first kappa shape index (κ1) is 12.2. The monoisotopic (exact) mass is 254 g/mol. The molecule has 0 radical (unpaired) electrons. The number of methoxy groups -OCH3 is 1. The van der Waals surface area contributed by atoms with Crippen LogP contribution in [0.4, 0.5) is 0 Å². The second kappa shape index (κ2) is 4.57. The summed E-state index contributed by atoms with van der Waals surface area (Å²) >= 11 is 6.01. The molecule has 1 aromatic carbocycles. The zero-order chi connectivity index (χ0) is 12.6. The fourth-order valence-electron chi connectivity index (χ4n) is 2.30. The smallest absolute Gasteiger partial charge is 0.306 e. The van der Waals surface area contributed by atoms with Crippen molar-refractivity contribution in [3.05, 3.63) is 28.3 Å². The molecule has 92 valence electrons. The van der Waals surface area contributed by atoms with Crippen LogP contribution in [0, 0.1) is 18.8 Å². The number of halogens is 1. The van der Waals surface area contributed by atoms with Crippen LogP contribution < -0.4 is 4.74 Å². The van der Waals surface area contributed by atoms with E-state index in [1.807, 2.05) is 19.1 Å². The van der Waals surface area contributed by atoms with E-state index in [2.05, 4.69) is 0 Å². The number of ether oxygens (including phenoxy) is 1. The standard InChI is InChI=1S/C13H15ClO3/c1-7-3-10(14)5-9(12(7)17-2)4-8-6-11(8)13(15)16/h3,5,8,11H,4,6H2,1-2H3,(H,15,16). The summed E-state index contributed by atoms with van der Waals surface area (Å²) in [4.78, 5) is 10.8. The highest BCUT2D eigenvalue weighted by Crippen LogP contribution is 2.43. The van der Waals surface area contributed by atoms with Gasteiger partial charge in [0.1, 0.15) is 5.75 Å². The molecule has 1 N–H and O–H groups in total. The van der Waals surface area contributed by atoms with Gasteiger partial charge in [0.2, 0.25) is 0 Å². The summed E-state index contributed by atoms with van der Waals surface area (Å²) in [6.45, 7) is 1.94. The predicted octanol–water partition coefficient (Wildman–Crippen LogP) is 2.92. The molecule has 2 rings (SSSR count). The highest BCUT2D eigenvalue weighted by Gasteiger charge is 2.43. The Hall–Kier alpha value is -1.22. The maximum atomic E-state index is 10.8. The zero-order valence-electron chi connectivity index (χ0n) is 9.87. The van der Waals surface area contributed by atoms with Crippen LogP contribution in [0.1, 0.15) is 17.5 Å². The molecule has 1 saturated carbocycles. The van der Waals surface area contributed by atoms with Crippen molar-refractivity contribution in [3.8, 4) is 5.75 Å². The van der Waals surface area contributed by atoms with Crippen LogP contribution in [0.15, 0.2) is 12.1 Å². The molecular formula is C13H15ClO3. The average molecular weight is 255 g/mol. The second-order valence-electron chi connectivity index (χ2n) is 4.56. The summed E-state index contributed by atoms with van der Waals surface area (Å²) < 4.78 is 5.35. The minimum atomic E-state index is -0.701. The molecule has 1 aliphatic rings. The molecule has 0 amide bonds. The van der Waals surface area contributed by atoms with Crippen molar-refractivity contribution in [2.75, 3.05) is 7.11 Å². The van der Waals surface area contributed by atoms with E-state index in [-0.39, 0.29) is 11.8 Å². The molecule has 0 heterocycles. The summed E-state index contributed by atoms with van der Waals surface area (Å²) in [6.07, 6.45) is 1.48. The van der Waals surface area contributed by atoms with Gasteiger partial charge in [-0.05, 0) is 48.9 Å². The summed E-state index contributed by atoms with van der Waals surface area (Å²) in [5.41, 5.74) is 1.99. The maximum absolute atomic E-state index is 10.8. The van der Waals surface area contributed by atoms with Gasteiger partial charge in [0.25, 0.3) is 0 Å². The quantitative estimate of drug-likeness (QED) is 0.899. The number of hydrogen-bond acceptors (Lipinski definition) is 2. The second-order valence-corrected chi connectivity index (χ2v) is 5.00. The molecule has 2 unspecified atom stereocenters. The Kier molecular flexibility index (Phi) is 3.29. The van der Waals surface area contributed by atoms with E-state index in [4.69, 9.17) is 21.4 Å². The number of benzene rings is 1. The van der Waals surface area contributed by atoms with Gasteiger partial charge >= 0.3 is 5.97 Å². The molecule has 3 nitrogen and oxygen atoms in total. The van der Waals surface area contributed by atoms with E-state index in [1.54, 1.807) is 7.11 Å². The minimum Gasteiger partial charge on any atom is -0.496 e. The number of aliphatic carboxylic acids is 1. The normalized spacial score (nSPS) is 22.3. The van der Waals surface area contributed by atoms with Crippen LogP contribution in [0.2, 0.25) is 5.02 Å². The van der Waals surface area contributed by atoms with E-state index >= 15 is 0 Å². The molecule has 17 heavy (non-hydrogen) atoms. The van der Waals surface area contributed by atoms with Gasteiger partial charge in [0.05, 0.1) is 13.0 Å². The van der Waals surface area contributed by atoms with Gasteiger partial charge < -0.3 is 9.84 Å². The largest absolute Gasteiger partial charge is 0.496 e. The van der Waals surface area contributed by atoms with Gasteiger partial charge in [-0.1, -0.05) is 11.6 Å². The third kappa shape index (κ3) is 2.55. The molecule has 0 bridgehead atoms. The topological polar surface area (TPSA) is 46.5 Å². The molecule has 1 aromatic rings. The van der Waals surface area contributed by atoms with Crippen molar-refractivity contribution in [2.24, 2.45) is 11.8 Å². The van der Waals surface area contributed by atoms with Crippen LogP contribution in [0.25, 0.3) is 0 Å². The lowest BCUT2D eigenvalue weighted by Gasteiger charge is -2.11. The molecule has 1 aliphatic carbocycles. The van der Waals surface area contributed by atoms with Gasteiger partial charge in [-0.2, -0.15) is 0 Å². The molecule has 0 spiro atoms. The van der Waals surface area contributed by atoms with Crippen LogP contribution >= 0.6 is 11.6 Å². The summed E-state index contributed by atoms with van der Waals surface area (Å²) in [7, 11) is 1.63. The Bertz CT molecular complexity index is 456. The van der Waals surface area contributed by atoms with Crippen molar-refractivity contribution < 1.29 is 14.6 Å². The van der Waals surface area contributed by atoms with Crippen molar-refractivity contribution in [3.63, 3.8) is 0 Å². The van der Waals surface area contributed by atoms with Gasteiger partial charge in [0.15, 0.2) is 0 Å². The van der Waals surface area contributed by atoms with E-state index in [1.165, 1.54) is 0 Å². The predicted molar refractivity (Wildman–Crippen MR) is 65.7 cm³/mol. The Morgan fingerprint density at radius 2 is 2.29 bits per heavy atom. The van der Waals surface area contributed by atoms with E-state index in [0.717, 1.165) is 29.7 Å². The summed E-state index contributed by atoms with van der Waals surface area (Å²) in [6, 6.07) is 3.72. The number of aryl methyl sites for hydroxylation is 1. The van der Waals surface area contributed by atoms with Gasteiger partial charge in [-0.3, -0.25) is 4.79 Å². The third-order valence-electron chi connectivity index (χ3n) is 3.24. The van der Waals surface area contributed by atoms with Crippen LogP contribution in [-0.4, -0.2) is 18.2 Å². The van der Waals surface area contributed by atoms with Crippen LogP contribution in [-0.2, 0) is 11.2 Å². The third-order valence-corrected chi connectivity index (χ3v) is 3.46. The van der Waals surface area contributed by atoms with Crippen molar-refractivity contribution in [2.45, 2.75) is 19.8 Å². The fourth-order valence-corrected chi connectivity index (χ4v) is 2.60. The number of carboxylic acids is 1. The Labute approximate surface area is 105 Å². The molecule has 4 heteroatoms. The Balaban J connectivity index is 2.18. The van der Waals surface area contributed by atoms with Crippen molar-refractivity contribution in [1.82, 2.24) is 0 Å². The number of hydrogen-bond donors (Lipinski definition) is 1. The molecular weight excluding hydrogens is 240 g/mol. The maximum Gasteiger partial charge on any atom is 0.306 e. The van der Waals surface area contributed by atoms with Gasteiger partial charge in [0, 0.05) is 5.02 Å². The Morgan fingerprint density at radius 1 is 1.59 bits per heavy atom. The van der Waals surface area contributed by atoms with E-state index < -0.39 is 5.97 Å². The lowest BCUT2D eigenvalue weighted by molar-refractivity contribution is -0.138. The number of carboxylic acid groups (broad SMARTS) is 1. The number of carbonyl (C=O) groups is 1. The number of rotatable bonds is 4. The van der Waals surface area contributed by atoms with Crippen molar-refractivity contribution in [1.29, 1.82) is 0 Å². The zero-order valence-corrected chi connectivity index (χ0v) is 10.6. The summed E-state index contributed by atoms with van der Waals surface area (Å²) in [5.74, 6) is 0.149. The summed E-state index contributed by atoms with van der Waals surface area (Å²) in [5, 5.41) is 9.55. The van der Waals surface area contributed by atoms with Crippen LogP contribution in [0.5, 0.6) is 5.75 Å².